The summed E-state index contributed by atoms with van der Waals surface area (Å²) < 4.78 is 0. The lowest BCUT2D eigenvalue weighted by molar-refractivity contribution is 0.0453. The van der Waals surface area contributed by atoms with Gasteiger partial charge in [0.05, 0.1) is 11.8 Å². The van der Waals surface area contributed by atoms with E-state index in [0.29, 0.717) is 6.54 Å². The van der Waals surface area contributed by atoms with Crippen LogP contribution in [0.4, 0.5) is 0 Å². The summed E-state index contributed by atoms with van der Waals surface area (Å²) in [5.41, 5.74) is 1.80. The van der Waals surface area contributed by atoms with Crippen molar-refractivity contribution in [3.63, 3.8) is 0 Å². The summed E-state index contributed by atoms with van der Waals surface area (Å²) in [6, 6.07) is 0.239. The molecule has 1 fully saturated rings. The Labute approximate surface area is 96.5 Å². The molecule has 0 saturated heterocycles. The van der Waals surface area contributed by atoms with E-state index in [1.165, 1.54) is 5.56 Å². The molecule has 1 unspecified atom stereocenters. The van der Waals surface area contributed by atoms with Crippen LogP contribution in [0.1, 0.15) is 49.9 Å². The zero-order chi connectivity index (χ0) is 11.6. The Hall–Kier alpha value is -0.870. The Bertz CT molecular complexity index is 342. The number of H-pyrrole nitrogens is 1. The lowest BCUT2D eigenvalue weighted by Crippen LogP contribution is -2.39. The maximum absolute atomic E-state index is 10.2. The molecule has 1 aliphatic carbocycles. The first-order valence-electron chi connectivity index (χ1n) is 6.06. The summed E-state index contributed by atoms with van der Waals surface area (Å²) in [5, 5.41) is 20.6. The molecule has 1 aliphatic rings. The van der Waals surface area contributed by atoms with Crippen LogP contribution in [0.3, 0.4) is 0 Å². The molecule has 0 spiro atoms. The minimum absolute atomic E-state index is 0.239. The standard InChI is InChI=1S/C12H21N3O/c1-9(11-7-14-15-10(11)2)13-8-12(16)5-3-4-6-12/h7,9,13,16H,3-6,8H2,1-2H3,(H,14,15). The predicted octanol–water partition coefficient (Wildman–Crippen LogP) is 1.67. The molecule has 0 aliphatic heterocycles. The van der Waals surface area contributed by atoms with Crippen molar-refractivity contribution in [1.82, 2.24) is 15.5 Å². The first-order chi connectivity index (χ1) is 7.61. The molecular formula is C12H21N3O. The van der Waals surface area contributed by atoms with E-state index in [1.807, 2.05) is 13.1 Å². The molecule has 0 bridgehead atoms. The van der Waals surface area contributed by atoms with E-state index >= 15 is 0 Å². The van der Waals surface area contributed by atoms with E-state index in [-0.39, 0.29) is 6.04 Å². The number of aryl methyl sites for hydroxylation is 1. The second-order valence-corrected chi connectivity index (χ2v) is 4.98. The molecule has 3 N–H and O–H groups in total. The van der Waals surface area contributed by atoms with Gasteiger partial charge >= 0.3 is 0 Å². The van der Waals surface area contributed by atoms with Gasteiger partial charge in [-0.05, 0) is 26.7 Å². The fourth-order valence-corrected chi connectivity index (χ4v) is 2.46. The Morgan fingerprint density at radius 3 is 2.81 bits per heavy atom. The van der Waals surface area contributed by atoms with Crippen LogP contribution in [0.25, 0.3) is 0 Å². The topological polar surface area (TPSA) is 60.9 Å². The van der Waals surface area contributed by atoms with Crippen LogP contribution in [0.2, 0.25) is 0 Å². The molecule has 1 aromatic heterocycles. The Kier molecular flexibility index (Phi) is 3.30. The third-order valence-electron chi connectivity index (χ3n) is 3.61. The van der Waals surface area contributed by atoms with Gasteiger partial charge in [0.2, 0.25) is 0 Å². The van der Waals surface area contributed by atoms with Crippen LogP contribution in [0.5, 0.6) is 0 Å². The van der Waals surface area contributed by atoms with E-state index < -0.39 is 5.60 Å². The van der Waals surface area contributed by atoms with Gasteiger partial charge in [-0.2, -0.15) is 5.10 Å². The first-order valence-corrected chi connectivity index (χ1v) is 6.06. The highest BCUT2D eigenvalue weighted by atomic mass is 16.3. The third-order valence-corrected chi connectivity index (χ3v) is 3.61. The van der Waals surface area contributed by atoms with Crippen LogP contribution >= 0.6 is 0 Å². The summed E-state index contributed by atoms with van der Waals surface area (Å²) in [6.45, 7) is 4.81. The highest BCUT2D eigenvalue weighted by molar-refractivity contribution is 5.18. The van der Waals surface area contributed by atoms with Gasteiger partial charge in [-0.1, -0.05) is 12.8 Å². The molecule has 1 atom stereocenters. The van der Waals surface area contributed by atoms with E-state index in [9.17, 15) is 5.11 Å². The van der Waals surface area contributed by atoms with Gasteiger partial charge in [-0.25, -0.2) is 0 Å². The number of nitrogens with zero attached hydrogens (tertiary/aromatic N) is 1. The SMILES string of the molecule is Cc1[nH]ncc1C(C)NCC1(O)CCCC1. The van der Waals surface area contributed by atoms with Crippen molar-refractivity contribution in [1.29, 1.82) is 0 Å². The normalized spacial score (nSPS) is 21.2. The van der Waals surface area contributed by atoms with Crippen LogP contribution in [-0.4, -0.2) is 27.4 Å². The monoisotopic (exact) mass is 223 g/mol. The van der Waals surface area contributed by atoms with Gasteiger partial charge in [-0.3, -0.25) is 5.10 Å². The van der Waals surface area contributed by atoms with Crippen molar-refractivity contribution in [3.05, 3.63) is 17.5 Å². The number of aromatic amines is 1. The molecule has 0 aromatic carbocycles. The second kappa shape index (κ2) is 4.55. The van der Waals surface area contributed by atoms with Gasteiger partial charge < -0.3 is 10.4 Å². The molecule has 1 aromatic rings. The maximum atomic E-state index is 10.2. The molecule has 90 valence electrons. The minimum atomic E-state index is -0.480. The molecule has 1 saturated carbocycles. The summed E-state index contributed by atoms with van der Waals surface area (Å²) in [5.74, 6) is 0. The molecule has 16 heavy (non-hydrogen) atoms. The number of hydrogen-bond donors (Lipinski definition) is 3. The first kappa shape index (κ1) is 11.6. The largest absolute Gasteiger partial charge is 0.389 e. The van der Waals surface area contributed by atoms with Gasteiger partial charge in [0.25, 0.3) is 0 Å². The summed E-state index contributed by atoms with van der Waals surface area (Å²) in [7, 11) is 0. The third kappa shape index (κ3) is 2.44. The summed E-state index contributed by atoms with van der Waals surface area (Å²) >= 11 is 0. The van der Waals surface area contributed by atoms with E-state index in [1.54, 1.807) is 0 Å². The molecule has 4 heteroatoms. The van der Waals surface area contributed by atoms with E-state index in [0.717, 1.165) is 31.4 Å². The Morgan fingerprint density at radius 2 is 2.25 bits per heavy atom. The average Bonchev–Trinajstić information content (AvgIpc) is 2.85. The fraction of sp³-hybridized carbons (Fsp3) is 0.750. The molecular weight excluding hydrogens is 202 g/mol. The van der Waals surface area contributed by atoms with Crippen molar-refractivity contribution in [2.75, 3.05) is 6.54 Å². The number of aromatic nitrogens is 2. The number of nitrogens with one attached hydrogen (secondary N) is 2. The molecule has 0 amide bonds. The number of aliphatic hydroxyl groups is 1. The predicted molar refractivity (Wildman–Crippen MR) is 63.2 cm³/mol. The fourth-order valence-electron chi connectivity index (χ4n) is 2.46. The van der Waals surface area contributed by atoms with Gasteiger partial charge in [-0.15, -0.1) is 0 Å². The van der Waals surface area contributed by atoms with Crippen LogP contribution in [0.15, 0.2) is 6.20 Å². The summed E-state index contributed by atoms with van der Waals surface area (Å²) in [4.78, 5) is 0. The van der Waals surface area contributed by atoms with Gasteiger partial charge in [0.15, 0.2) is 0 Å². The van der Waals surface area contributed by atoms with Crippen LogP contribution in [-0.2, 0) is 0 Å². The number of rotatable bonds is 4. The summed E-state index contributed by atoms with van der Waals surface area (Å²) in [6.07, 6.45) is 6.01. The van der Waals surface area contributed by atoms with Gasteiger partial charge in [0.1, 0.15) is 0 Å². The molecule has 2 rings (SSSR count). The van der Waals surface area contributed by atoms with E-state index in [2.05, 4.69) is 22.4 Å². The lowest BCUT2D eigenvalue weighted by atomic mass is 10.0. The van der Waals surface area contributed by atoms with Gasteiger partial charge in [0, 0.05) is 23.8 Å². The number of hydrogen-bond acceptors (Lipinski definition) is 3. The van der Waals surface area contributed by atoms with Crippen molar-refractivity contribution in [3.8, 4) is 0 Å². The lowest BCUT2D eigenvalue weighted by Gasteiger charge is -2.25. The Morgan fingerprint density at radius 1 is 1.56 bits per heavy atom. The minimum Gasteiger partial charge on any atom is -0.389 e. The van der Waals surface area contributed by atoms with Crippen molar-refractivity contribution < 1.29 is 5.11 Å². The quantitative estimate of drug-likeness (QED) is 0.727. The highest BCUT2D eigenvalue weighted by Gasteiger charge is 2.31. The smallest absolute Gasteiger partial charge is 0.0771 e. The Balaban J connectivity index is 1.88. The zero-order valence-electron chi connectivity index (χ0n) is 10.1. The van der Waals surface area contributed by atoms with Crippen molar-refractivity contribution >= 4 is 0 Å². The van der Waals surface area contributed by atoms with Crippen molar-refractivity contribution in [2.24, 2.45) is 0 Å². The molecule has 0 radical (unpaired) electrons. The van der Waals surface area contributed by atoms with Crippen LogP contribution in [0, 0.1) is 6.92 Å². The average molecular weight is 223 g/mol. The van der Waals surface area contributed by atoms with Crippen molar-refractivity contribution in [2.45, 2.75) is 51.2 Å². The highest BCUT2D eigenvalue weighted by Crippen LogP contribution is 2.29. The maximum Gasteiger partial charge on any atom is 0.0771 e. The molecule has 4 nitrogen and oxygen atoms in total. The molecule has 1 heterocycles. The van der Waals surface area contributed by atoms with E-state index in [4.69, 9.17) is 0 Å². The zero-order valence-corrected chi connectivity index (χ0v) is 10.1. The van der Waals surface area contributed by atoms with Crippen LogP contribution < -0.4 is 5.32 Å². The second-order valence-electron chi connectivity index (χ2n) is 4.98.